The number of halogens is 3. The van der Waals surface area contributed by atoms with Gasteiger partial charge in [-0.15, -0.1) is 11.8 Å². The number of Topliss-reactive ketones (excluding diaryl/α,β-unsaturated/α-hetero) is 1. The normalized spacial score (nSPS) is 13.8. The average molecular weight is 443 g/mol. The number of ketones is 1. The van der Waals surface area contributed by atoms with Gasteiger partial charge in [-0.1, -0.05) is 39.7 Å². The van der Waals surface area contributed by atoms with E-state index < -0.39 is 0 Å². The number of carbonyl (C=O) groups is 1. The molecule has 0 saturated heterocycles. The van der Waals surface area contributed by atoms with E-state index in [0.29, 0.717) is 39.2 Å². The van der Waals surface area contributed by atoms with Crippen molar-refractivity contribution in [2.45, 2.75) is 30.5 Å². The third-order valence-electron chi connectivity index (χ3n) is 3.90. The van der Waals surface area contributed by atoms with Crippen LogP contribution in [0.3, 0.4) is 0 Å². The minimum atomic E-state index is -0.357. The van der Waals surface area contributed by atoms with Crippen LogP contribution in [0.25, 0.3) is 9.51 Å². The maximum atomic E-state index is 13.3. The lowest BCUT2D eigenvalue weighted by Crippen LogP contribution is -2.47. The lowest BCUT2D eigenvalue weighted by molar-refractivity contribution is 0.101. The minimum Gasteiger partial charge on any atom is -0.348 e. The molecule has 0 fully saturated rings. The molecule has 0 unspecified atom stereocenters. The molecule has 0 spiro atoms. The molecule has 0 amide bonds. The van der Waals surface area contributed by atoms with Crippen molar-refractivity contribution in [1.29, 1.82) is 0 Å². The maximum Gasteiger partial charge on any atom is 0.202 e. The van der Waals surface area contributed by atoms with Crippen molar-refractivity contribution < 1.29 is 9.18 Å². The number of aromatic nitrogens is 1. The molecule has 1 heterocycles. The van der Waals surface area contributed by atoms with E-state index >= 15 is 0 Å². The van der Waals surface area contributed by atoms with E-state index in [9.17, 15) is 14.0 Å². The standard InChI is InChI=1S/C18H14BrClFNO2S/c1-9(23)14-17(24)15-13(20)6-5-12(19)16(15)22-18(14)25-8-10-3-2-4-11(21)7-10/h2-4,7,22H,5-6,8H2,1H3. The number of carbonyl (C=O) groups excluding carboxylic acids is 1. The van der Waals surface area contributed by atoms with Crippen molar-refractivity contribution in [2.75, 3.05) is 0 Å². The van der Waals surface area contributed by atoms with E-state index in [-0.39, 0.29) is 22.6 Å². The minimum absolute atomic E-state index is 0.0977. The summed E-state index contributed by atoms with van der Waals surface area (Å²) >= 11 is 11.0. The average Bonchev–Trinajstić information content (AvgIpc) is 2.55. The summed E-state index contributed by atoms with van der Waals surface area (Å²) in [6, 6.07) is 6.24. The third kappa shape index (κ3) is 3.76. The van der Waals surface area contributed by atoms with Gasteiger partial charge >= 0.3 is 0 Å². The smallest absolute Gasteiger partial charge is 0.202 e. The molecule has 0 bridgehead atoms. The first-order valence-electron chi connectivity index (χ1n) is 7.60. The summed E-state index contributed by atoms with van der Waals surface area (Å²) in [7, 11) is 0. The molecule has 3 nitrogen and oxygen atoms in total. The van der Waals surface area contributed by atoms with Gasteiger partial charge in [0, 0.05) is 15.3 Å². The highest BCUT2D eigenvalue weighted by Crippen LogP contribution is 2.25. The van der Waals surface area contributed by atoms with E-state index in [1.807, 2.05) is 0 Å². The van der Waals surface area contributed by atoms with Gasteiger partial charge in [0.15, 0.2) is 5.78 Å². The van der Waals surface area contributed by atoms with E-state index in [4.69, 9.17) is 11.6 Å². The van der Waals surface area contributed by atoms with Crippen molar-refractivity contribution in [3.8, 4) is 0 Å². The van der Waals surface area contributed by atoms with Gasteiger partial charge in [-0.05, 0) is 37.5 Å². The zero-order valence-corrected chi connectivity index (χ0v) is 16.4. The van der Waals surface area contributed by atoms with Gasteiger partial charge in [-0.25, -0.2) is 4.39 Å². The lowest BCUT2D eigenvalue weighted by atomic mass is 10.1. The molecule has 1 aliphatic rings. The SMILES string of the molecule is CC(=O)c1c(SCc2cccc(F)c2)[nH]c2c(c1=O)=C(Cl)CCC=2Br. The quantitative estimate of drug-likeness (QED) is 0.581. The molecule has 7 heteroatoms. The summed E-state index contributed by atoms with van der Waals surface area (Å²) in [5, 5.41) is 1.92. The number of nitrogens with one attached hydrogen (secondary N) is 1. The first-order chi connectivity index (χ1) is 11.9. The Balaban J connectivity index is 2.14. The zero-order valence-electron chi connectivity index (χ0n) is 13.3. The third-order valence-corrected chi connectivity index (χ3v) is 6.14. The summed E-state index contributed by atoms with van der Waals surface area (Å²) in [6.07, 6.45) is 1.25. The monoisotopic (exact) mass is 441 g/mol. The van der Waals surface area contributed by atoms with Crippen LogP contribution in [0.1, 0.15) is 35.7 Å². The molecule has 25 heavy (non-hydrogen) atoms. The number of benzene rings is 1. The highest BCUT2D eigenvalue weighted by Gasteiger charge is 2.19. The number of thioether (sulfide) groups is 1. The molecular formula is C18H14BrClFNO2S. The summed E-state index contributed by atoms with van der Waals surface area (Å²) in [5.74, 6) is -0.208. The van der Waals surface area contributed by atoms with Crippen molar-refractivity contribution in [3.63, 3.8) is 0 Å². The lowest BCUT2D eigenvalue weighted by Gasteiger charge is -2.13. The Bertz CT molecular complexity index is 1050. The second-order valence-corrected chi connectivity index (χ2v) is 8.09. The number of fused-ring (bicyclic) bond motifs is 1. The fraction of sp³-hybridized carbons (Fsp3) is 0.222. The second-order valence-electron chi connectivity index (χ2n) is 5.69. The molecule has 0 atom stereocenters. The molecule has 0 saturated carbocycles. The Labute approximate surface area is 161 Å². The van der Waals surface area contributed by atoms with Crippen LogP contribution in [0, 0.1) is 5.82 Å². The van der Waals surface area contributed by atoms with E-state index in [1.54, 1.807) is 12.1 Å². The fourth-order valence-electron chi connectivity index (χ4n) is 2.72. The van der Waals surface area contributed by atoms with Crippen LogP contribution < -0.4 is 16.0 Å². The van der Waals surface area contributed by atoms with E-state index in [1.165, 1.54) is 30.8 Å². The van der Waals surface area contributed by atoms with Gasteiger partial charge in [0.2, 0.25) is 5.43 Å². The molecule has 1 aromatic heterocycles. The predicted octanol–water partition coefficient (Wildman–Crippen LogP) is 3.65. The Kier molecular flexibility index (Phi) is 5.51. The van der Waals surface area contributed by atoms with Crippen molar-refractivity contribution >= 4 is 54.6 Å². The molecule has 1 aliphatic carbocycles. The maximum absolute atomic E-state index is 13.3. The molecular weight excluding hydrogens is 429 g/mol. The van der Waals surface area contributed by atoms with Crippen LogP contribution in [-0.4, -0.2) is 10.8 Å². The van der Waals surface area contributed by atoms with E-state index in [2.05, 4.69) is 20.9 Å². The molecule has 1 aromatic carbocycles. The van der Waals surface area contributed by atoms with Crippen molar-refractivity contribution in [3.05, 3.63) is 62.0 Å². The highest BCUT2D eigenvalue weighted by atomic mass is 79.9. The highest BCUT2D eigenvalue weighted by molar-refractivity contribution is 9.14. The van der Waals surface area contributed by atoms with Gasteiger partial charge in [0.1, 0.15) is 5.82 Å². The first kappa shape index (κ1) is 18.4. The number of aromatic amines is 1. The van der Waals surface area contributed by atoms with E-state index in [0.717, 1.165) is 10.0 Å². The fourth-order valence-corrected chi connectivity index (χ4v) is 4.54. The number of hydrogen-bond donors (Lipinski definition) is 1. The summed E-state index contributed by atoms with van der Waals surface area (Å²) < 4.78 is 14.2. The van der Waals surface area contributed by atoms with Crippen LogP contribution in [0.15, 0.2) is 34.1 Å². The predicted molar refractivity (Wildman–Crippen MR) is 103 cm³/mol. The van der Waals surface area contributed by atoms with Crippen LogP contribution in [0.2, 0.25) is 0 Å². The Hall–Kier alpha value is -1.37. The number of H-pyrrole nitrogens is 1. The van der Waals surface area contributed by atoms with Gasteiger partial charge in [0.25, 0.3) is 0 Å². The van der Waals surface area contributed by atoms with Gasteiger partial charge < -0.3 is 4.98 Å². The number of rotatable bonds is 4. The molecule has 2 aromatic rings. The number of hydrogen-bond acceptors (Lipinski definition) is 3. The zero-order chi connectivity index (χ0) is 18.1. The summed E-state index contributed by atoms with van der Waals surface area (Å²) in [4.78, 5) is 28.1. The van der Waals surface area contributed by atoms with Crippen molar-refractivity contribution in [1.82, 2.24) is 4.98 Å². The van der Waals surface area contributed by atoms with Gasteiger partial charge in [-0.2, -0.15) is 0 Å². The Morgan fingerprint density at radius 1 is 1.40 bits per heavy atom. The molecule has 0 aliphatic heterocycles. The second kappa shape index (κ2) is 7.48. The first-order valence-corrected chi connectivity index (χ1v) is 9.76. The van der Waals surface area contributed by atoms with Crippen LogP contribution in [-0.2, 0) is 5.75 Å². The molecule has 1 N–H and O–H groups in total. The van der Waals surface area contributed by atoms with Gasteiger partial charge in [0.05, 0.1) is 21.2 Å². The largest absolute Gasteiger partial charge is 0.348 e. The molecule has 130 valence electrons. The number of pyridine rings is 1. The topological polar surface area (TPSA) is 49.9 Å². The van der Waals surface area contributed by atoms with Crippen molar-refractivity contribution in [2.24, 2.45) is 0 Å². The Morgan fingerprint density at radius 2 is 2.16 bits per heavy atom. The molecule has 0 radical (unpaired) electrons. The Morgan fingerprint density at radius 3 is 2.84 bits per heavy atom. The van der Waals surface area contributed by atoms with Gasteiger partial charge in [-0.3, -0.25) is 9.59 Å². The molecule has 3 rings (SSSR count). The summed E-state index contributed by atoms with van der Waals surface area (Å²) in [6.45, 7) is 1.36. The van der Waals surface area contributed by atoms with Crippen LogP contribution in [0.5, 0.6) is 0 Å². The van der Waals surface area contributed by atoms with Crippen LogP contribution >= 0.6 is 39.3 Å². The summed E-state index contributed by atoms with van der Waals surface area (Å²) in [5.41, 5.74) is 0.510. The van der Waals surface area contributed by atoms with Crippen LogP contribution in [0.4, 0.5) is 4.39 Å².